The van der Waals surface area contributed by atoms with Crippen molar-refractivity contribution in [2.75, 3.05) is 11.9 Å². The van der Waals surface area contributed by atoms with Gasteiger partial charge in [0.1, 0.15) is 10.3 Å². The van der Waals surface area contributed by atoms with Gasteiger partial charge in [-0.3, -0.25) is 9.59 Å². The Balaban J connectivity index is 1.71. The number of hydrogen-bond donors (Lipinski definition) is 2. The molecule has 0 atom stereocenters. The third-order valence-corrected chi connectivity index (χ3v) is 4.65. The number of carbonyl (C=O) groups is 2. The van der Waals surface area contributed by atoms with Gasteiger partial charge in [0, 0.05) is 23.0 Å². The minimum Gasteiger partial charge on any atom is -0.342 e. The van der Waals surface area contributed by atoms with Gasteiger partial charge < -0.3 is 10.6 Å². The molecule has 0 aliphatic rings. The average molecular weight is 483 g/mol. The highest BCUT2D eigenvalue weighted by Gasteiger charge is 2.19. The normalized spacial score (nSPS) is 10.6. The number of hydrogen-bond acceptors (Lipinski definition) is 4. The summed E-state index contributed by atoms with van der Waals surface area (Å²) in [4.78, 5) is 28.9. The molecule has 144 valence electrons. The number of halogens is 3. The first kappa shape index (κ1) is 20.3. The zero-order valence-electron chi connectivity index (χ0n) is 14.5. The highest BCUT2D eigenvalue weighted by Crippen LogP contribution is 2.21. The molecule has 0 saturated carbocycles. The van der Waals surface area contributed by atoms with Gasteiger partial charge in [0.05, 0.1) is 11.6 Å². The van der Waals surface area contributed by atoms with Crippen LogP contribution >= 0.6 is 39.1 Å². The quantitative estimate of drug-likeness (QED) is 0.574. The van der Waals surface area contributed by atoms with Crippen molar-refractivity contribution in [3.05, 3.63) is 68.5 Å². The highest BCUT2D eigenvalue weighted by atomic mass is 79.9. The second-order valence-electron chi connectivity index (χ2n) is 5.76. The molecule has 2 N–H and O–H groups in total. The summed E-state index contributed by atoms with van der Waals surface area (Å²) in [6.07, 6.45) is 1.54. The molecule has 1 aromatic carbocycles. The summed E-state index contributed by atoms with van der Waals surface area (Å²) in [6.45, 7) is 1.61. The summed E-state index contributed by atoms with van der Waals surface area (Å²) in [7, 11) is 0. The summed E-state index contributed by atoms with van der Waals surface area (Å²) in [6, 6.07) is 10.00. The molecule has 10 heteroatoms. The third-order valence-electron chi connectivity index (χ3n) is 3.74. The van der Waals surface area contributed by atoms with Crippen LogP contribution < -0.4 is 10.6 Å². The monoisotopic (exact) mass is 481 g/mol. The number of benzene rings is 1. The molecular weight excluding hydrogens is 469 g/mol. The minimum absolute atomic E-state index is 0.180. The van der Waals surface area contributed by atoms with Gasteiger partial charge in [-0.15, -0.1) is 0 Å². The van der Waals surface area contributed by atoms with E-state index in [1.807, 2.05) is 6.92 Å². The van der Waals surface area contributed by atoms with Crippen LogP contribution in [0.3, 0.4) is 0 Å². The van der Waals surface area contributed by atoms with Crippen molar-refractivity contribution >= 4 is 56.6 Å². The summed E-state index contributed by atoms with van der Waals surface area (Å²) < 4.78 is 1.74. The van der Waals surface area contributed by atoms with Gasteiger partial charge in [-0.25, -0.2) is 9.67 Å². The van der Waals surface area contributed by atoms with Crippen LogP contribution in [0.5, 0.6) is 0 Å². The molecule has 0 fully saturated rings. The maximum atomic E-state index is 12.6. The van der Waals surface area contributed by atoms with Gasteiger partial charge in [-0.1, -0.05) is 29.3 Å². The predicted molar refractivity (Wildman–Crippen MR) is 111 cm³/mol. The number of carbonyl (C=O) groups excluding carboxylic acids is 2. The molecular formula is C18H14BrCl2N5O2. The molecule has 2 amide bonds. The van der Waals surface area contributed by atoms with Gasteiger partial charge >= 0.3 is 0 Å². The van der Waals surface area contributed by atoms with Gasteiger partial charge in [0.25, 0.3) is 5.91 Å². The average Bonchev–Trinajstić information content (AvgIpc) is 3.05. The zero-order chi connectivity index (χ0) is 20.3. The third kappa shape index (κ3) is 4.70. The number of pyridine rings is 1. The number of rotatable bonds is 5. The molecule has 3 aromatic rings. The molecule has 0 saturated heterocycles. The SMILES string of the molecule is Cc1ccc(Cl)cc1NC(=O)CNC(=O)c1cc(Br)nn1-c1ncccc1Cl. The lowest BCUT2D eigenvalue weighted by molar-refractivity contribution is -0.115. The highest BCUT2D eigenvalue weighted by molar-refractivity contribution is 9.10. The van der Waals surface area contributed by atoms with Crippen molar-refractivity contribution in [1.29, 1.82) is 0 Å². The van der Waals surface area contributed by atoms with E-state index in [4.69, 9.17) is 23.2 Å². The number of amides is 2. The Labute approximate surface area is 179 Å². The van der Waals surface area contributed by atoms with Crippen LogP contribution in [0.4, 0.5) is 5.69 Å². The molecule has 0 spiro atoms. The number of aryl methyl sites for hydroxylation is 1. The van der Waals surface area contributed by atoms with Gasteiger partial charge in [-0.2, -0.15) is 5.10 Å². The van der Waals surface area contributed by atoms with E-state index < -0.39 is 5.91 Å². The van der Waals surface area contributed by atoms with Gasteiger partial charge in [0.2, 0.25) is 5.91 Å². The second kappa shape index (κ2) is 8.72. The van der Waals surface area contributed by atoms with Crippen LogP contribution in [0.1, 0.15) is 16.1 Å². The van der Waals surface area contributed by atoms with E-state index in [2.05, 4.69) is 36.6 Å². The van der Waals surface area contributed by atoms with E-state index in [0.29, 0.717) is 26.2 Å². The first-order valence-corrected chi connectivity index (χ1v) is 9.60. The zero-order valence-corrected chi connectivity index (χ0v) is 17.6. The van der Waals surface area contributed by atoms with Crippen molar-refractivity contribution in [3.63, 3.8) is 0 Å². The van der Waals surface area contributed by atoms with Gasteiger partial charge in [0.15, 0.2) is 5.82 Å². The van der Waals surface area contributed by atoms with Crippen molar-refractivity contribution in [2.45, 2.75) is 6.92 Å². The molecule has 0 aliphatic heterocycles. The molecule has 0 radical (unpaired) electrons. The van der Waals surface area contributed by atoms with Crippen LogP contribution in [-0.4, -0.2) is 33.1 Å². The maximum Gasteiger partial charge on any atom is 0.270 e. The van der Waals surface area contributed by atoms with Crippen LogP contribution in [-0.2, 0) is 4.79 Å². The van der Waals surface area contributed by atoms with Crippen LogP contribution in [0.2, 0.25) is 10.0 Å². The van der Waals surface area contributed by atoms with Gasteiger partial charge in [-0.05, 0) is 52.7 Å². The summed E-state index contributed by atoms with van der Waals surface area (Å²) in [5.74, 6) is -0.586. The van der Waals surface area contributed by atoms with Crippen LogP contribution in [0, 0.1) is 6.92 Å². The summed E-state index contributed by atoms with van der Waals surface area (Å²) in [5.41, 5.74) is 1.62. The van der Waals surface area contributed by atoms with Crippen LogP contribution in [0.25, 0.3) is 5.82 Å². The standard InChI is InChI=1S/C18H14BrCl2N5O2/c1-10-4-5-11(20)7-13(10)24-16(27)9-23-18(28)14-8-15(19)25-26(14)17-12(21)3-2-6-22-17/h2-8H,9H2,1H3,(H,23,28)(H,24,27). The lowest BCUT2D eigenvalue weighted by Gasteiger charge is -2.10. The fraction of sp³-hybridized carbons (Fsp3) is 0.111. The van der Waals surface area contributed by atoms with Crippen molar-refractivity contribution in [1.82, 2.24) is 20.1 Å². The number of aromatic nitrogens is 3. The fourth-order valence-electron chi connectivity index (χ4n) is 2.38. The first-order valence-electron chi connectivity index (χ1n) is 8.06. The maximum absolute atomic E-state index is 12.6. The molecule has 2 aromatic heterocycles. The van der Waals surface area contributed by atoms with E-state index in [1.54, 1.807) is 36.5 Å². The van der Waals surface area contributed by atoms with E-state index in [9.17, 15) is 9.59 Å². The predicted octanol–water partition coefficient (Wildman–Crippen LogP) is 4.01. The Morgan fingerprint density at radius 2 is 2.00 bits per heavy atom. The van der Waals surface area contributed by atoms with Crippen molar-refractivity contribution in [2.24, 2.45) is 0 Å². The van der Waals surface area contributed by atoms with E-state index >= 15 is 0 Å². The second-order valence-corrected chi connectivity index (χ2v) is 7.42. The summed E-state index contributed by atoms with van der Waals surface area (Å²) >= 11 is 15.3. The van der Waals surface area contributed by atoms with Crippen molar-refractivity contribution in [3.8, 4) is 5.82 Å². The Bertz CT molecular complexity index is 1050. The Morgan fingerprint density at radius 3 is 2.75 bits per heavy atom. The molecule has 0 bridgehead atoms. The molecule has 0 unspecified atom stereocenters. The molecule has 7 nitrogen and oxygen atoms in total. The topological polar surface area (TPSA) is 88.9 Å². The molecule has 2 heterocycles. The number of nitrogens with zero attached hydrogens (tertiary/aromatic N) is 3. The molecule has 3 rings (SSSR count). The lowest BCUT2D eigenvalue weighted by Crippen LogP contribution is -2.34. The Hall–Kier alpha value is -2.42. The largest absolute Gasteiger partial charge is 0.342 e. The van der Waals surface area contributed by atoms with E-state index in [-0.39, 0.29) is 18.1 Å². The Morgan fingerprint density at radius 1 is 1.21 bits per heavy atom. The minimum atomic E-state index is -0.502. The Kier molecular flexibility index (Phi) is 6.33. The molecule has 0 aliphatic carbocycles. The number of anilines is 1. The molecule has 28 heavy (non-hydrogen) atoms. The fourth-order valence-corrected chi connectivity index (χ4v) is 3.13. The first-order chi connectivity index (χ1) is 13.3. The van der Waals surface area contributed by atoms with Crippen LogP contribution in [0.15, 0.2) is 47.2 Å². The van der Waals surface area contributed by atoms with Crippen molar-refractivity contribution < 1.29 is 9.59 Å². The smallest absolute Gasteiger partial charge is 0.270 e. The van der Waals surface area contributed by atoms with E-state index in [1.165, 1.54) is 10.7 Å². The lowest BCUT2D eigenvalue weighted by atomic mass is 10.2. The van der Waals surface area contributed by atoms with E-state index in [0.717, 1.165) is 5.56 Å². The summed E-state index contributed by atoms with van der Waals surface area (Å²) in [5, 5.41) is 10.3. The number of nitrogens with one attached hydrogen (secondary N) is 2.